The molecule has 4 rings (SSSR count). The highest BCUT2D eigenvalue weighted by atomic mass is 19.1. The van der Waals surface area contributed by atoms with E-state index in [0.29, 0.717) is 17.3 Å². The monoisotopic (exact) mass is 404 g/mol. The van der Waals surface area contributed by atoms with Crippen LogP contribution in [0.25, 0.3) is 0 Å². The van der Waals surface area contributed by atoms with E-state index in [-0.39, 0.29) is 11.7 Å². The lowest BCUT2D eigenvalue weighted by Crippen LogP contribution is -2.32. The van der Waals surface area contributed by atoms with Crippen molar-refractivity contribution in [1.29, 1.82) is 0 Å². The normalized spacial score (nSPS) is 15.9. The quantitative estimate of drug-likeness (QED) is 0.648. The summed E-state index contributed by atoms with van der Waals surface area (Å²) in [5, 5.41) is 6.30. The van der Waals surface area contributed by atoms with Crippen molar-refractivity contribution in [2.75, 3.05) is 23.3 Å². The van der Waals surface area contributed by atoms with Crippen LogP contribution in [0.5, 0.6) is 0 Å². The molecule has 1 amide bonds. The van der Waals surface area contributed by atoms with Crippen molar-refractivity contribution in [2.45, 2.75) is 25.9 Å². The number of halogens is 1. The van der Waals surface area contributed by atoms with E-state index in [1.54, 1.807) is 24.4 Å². The second kappa shape index (κ2) is 9.05. The summed E-state index contributed by atoms with van der Waals surface area (Å²) in [7, 11) is 0. The first kappa shape index (κ1) is 20.0. The predicted octanol–water partition coefficient (Wildman–Crippen LogP) is 4.15. The van der Waals surface area contributed by atoms with Crippen LogP contribution >= 0.6 is 0 Å². The van der Waals surface area contributed by atoms with Crippen molar-refractivity contribution in [2.24, 2.45) is 0 Å². The van der Waals surface area contributed by atoms with Crippen molar-refractivity contribution in [3.05, 3.63) is 89.4 Å². The molecule has 2 N–H and O–H groups in total. The molecule has 30 heavy (non-hydrogen) atoms. The summed E-state index contributed by atoms with van der Waals surface area (Å²) in [4.78, 5) is 19.0. The average Bonchev–Trinajstić information content (AvgIpc) is 3.22. The Morgan fingerprint density at radius 3 is 2.73 bits per heavy atom. The Hall–Kier alpha value is -3.25. The lowest BCUT2D eigenvalue weighted by Gasteiger charge is -2.18. The number of aromatic nitrogens is 1. The van der Waals surface area contributed by atoms with Crippen LogP contribution in [0.3, 0.4) is 0 Å². The molecule has 0 saturated carbocycles. The highest BCUT2D eigenvalue weighted by Crippen LogP contribution is 2.19. The molecule has 3 aromatic rings. The van der Waals surface area contributed by atoms with Crippen LogP contribution in [-0.4, -0.2) is 30.0 Å². The first-order valence-corrected chi connectivity index (χ1v) is 10.1. The summed E-state index contributed by atoms with van der Waals surface area (Å²) in [6.07, 6.45) is 2.62. The van der Waals surface area contributed by atoms with Gasteiger partial charge in [0.05, 0.1) is 5.56 Å². The zero-order valence-corrected chi connectivity index (χ0v) is 16.9. The van der Waals surface area contributed by atoms with E-state index < -0.39 is 0 Å². The zero-order chi connectivity index (χ0) is 20.9. The van der Waals surface area contributed by atoms with Gasteiger partial charge in [-0.05, 0) is 49.2 Å². The number of hydrogen-bond acceptors (Lipinski definition) is 4. The Labute approximate surface area is 176 Å². The fourth-order valence-corrected chi connectivity index (χ4v) is 3.58. The van der Waals surface area contributed by atoms with Gasteiger partial charge in [-0.25, -0.2) is 9.37 Å². The van der Waals surface area contributed by atoms with Gasteiger partial charge >= 0.3 is 0 Å². The highest BCUT2D eigenvalue weighted by Gasteiger charge is 2.23. The molecule has 1 aliphatic rings. The van der Waals surface area contributed by atoms with Gasteiger partial charge in [-0.15, -0.1) is 0 Å². The molecular formula is C24H25FN4O. The topological polar surface area (TPSA) is 57.3 Å². The van der Waals surface area contributed by atoms with E-state index in [9.17, 15) is 9.18 Å². The Balaban J connectivity index is 1.30. The zero-order valence-electron chi connectivity index (χ0n) is 16.9. The van der Waals surface area contributed by atoms with Crippen molar-refractivity contribution in [3.8, 4) is 0 Å². The van der Waals surface area contributed by atoms with E-state index in [0.717, 1.165) is 31.9 Å². The van der Waals surface area contributed by atoms with Crippen LogP contribution in [0, 0.1) is 12.7 Å². The van der Waals surface area contributed by atoms with Gasteiger partial charge in [0.1, 0.15) is 11.6 Å². The van der Waals surface area contributed by atoms with E-state index in [4.69, 9.17) is 0 Å². The number of hydrogen-bond donors (Lipinski definition) is 2. The largest absolute Gasteiger partial charge is 0.355 e. The van der Waals surface area contributed by atoms with Crippen molar-refractivity contribution < 1.29 is 9.18 Å². The highest BCUT2D eigenvalue weighted by molar-refractivity contribution is 6.04. The number of nitrogens with zero attached hydrogens (tertiary/aromatic N) is 2. The minimum absolute atomic E-state index is 0.307. The lowest BCUT2D eigenvalue weighted by molar-refractivity contribution is 0.102. The Morgan fingerprint density at radius 2 is 2.00 bits per heavy atom. The van der Waals surface area contributed by atoms with Gasteiger partial charge < -0.3 is 15.5 Å². The van der Waals surface area contributed by atoms with Crippen LogP contribution in [-0.2, 0) is 6.54 Å². The van der Waals surface area contributed by atoms with Gasteiger partial charge in [0.25, 0.3) is 5.91 Å². The molecule has 1 saturated heterocycles. The molecule has 1 fully saturated rings. The summed E-state index contributed by atoms with van der Waals surface area (Å²) in [6, 6.07) is 18.4. The maximum absolute atomic E-state index is 13.3. The average molecular weight is 404 g/mol. The van der Waals surface area contributed by atoms with Gasteiger partial charge in [-0.1, -0.05) is 35.9 Å². The molecule has 0 unspecified atom stereocenters. The summed E-state index contributed by atoms with van der Waals surface area (Å²) >= 11 is 0. The molecule has 0 bridgehead atoms. The van der Waals surface area contributed by atoms with Gasteiger partial charge in [0, 0.05) is 37.6 Å². The molecule has 0 aliphatic carbocycles. The number of nitrogens with one attached hydrogen (secondary N) is 2. The number of anilines is 2. The van der Waals surface area contributed by atoms with Gasteiger partial charge in [0.2, 0.25) is 0 Å². The maximum Gasteiger partial charge on any atom is 0.257 e. The molecule has 0 radical (unpaired) electrons. The first-order chi connectivity index (χ1) is 14.6. The van der Waals surface area contributed by atoms with Gasteiger partial charge in [-0.2, -0.15) is 0 Å². The molecular weight excluding hydrogens is 379 g/mol. The minimum Gasteiger partial charge on any atom is -0.355 e. The van der Waals surface area contributed by atoms with Crippen molar-refractivity contribution in [3.63, 3.8) is 0 Å². The number of pyridine rings is 1. The Kier molecular flexibility index (Phi) is 6.05. The predicted molar refractivity (Wildman–Crippen MR) is 117 cm³/mol. The fraction of sp³-hybridized carbons (Fsp3) is 0.250. The third-order valence-electron chi connectivity index (χ3n) is 5.32. The standard InChI is InChI=1S/C24H25FN4O/c1-17-5-7-18(8-6-17)14-26-22-11-12-29(16-22)23-10-9-19(15-27-23)24(30)28-21-4-2-3-20(25)13-21/h2-10,13,15,22,26H,11-12,14,16H2,1H3,(H,28,30)/t22-/m0/s1. The lowest BCUT2D eigenvalue weighted by atomic mass is 10.1. The minimum atomic E-state index is -0.388. The first-order valence-electron chi connectivity index (χ1n) is 10.1. The number of rotatable bonds is 6. The summed E-state index contributed by atoms with van der Waals surface area (Å²) in [5.41, 5.74) is 3.41. The molecule has 154 valence electrons. The second-order valence-electron chi connectivity index (χ2n) is 7.67. The molecule has 1 aliphatic heterocycles. The molecule has 2 heterocycles. The molecule has 2 aromatic carbocycles. The van der Waals surface area contributed by atoms with Crippen LogP contribution < -0.4 is 15.5 Å². The SMILES string of the molecule is Cc1ccc(CN[C@H]2CCN(c3ccc(C(=O)Nc4cccc(F)c4)cn3)C2)cc1. The molecule has 1 atom stereocenters. The Morgan fingerprint density at radius 1 is 1.17 bits per heavy atom. The third-order valence-corrected chi connectivity index (χ3v) is 5.32. The maximum atomic E-state index is 13.3. The summed E-state index contributed by atoms with van der Waals surface area (Å²) in [5.74, 6) is 0.163. The molecule has 0 spiro atoms. The van der Waals surface area contributed by atoms with Crippen LogP contribution in [0.15, 0.2) is 66.9 Å². The fourth-order valence-electron chi connectivity index (χ4n) is 3.58. The number of aryl methyl sites for hydroxylation is 1. The third kappa shape index (κ3) is 5.02. The smallest absolute Gasteiger partial charge is 0.257 e. The van der Waals surface area contributed by atoms with Crippen LogP contribution in [0.4, 0.5) is 15.9 Å². The Bertz CT molecular complexity index is 1000. The van der Waals surface area contributed by atoms with Crippen molar-refractivity contribution >= 4 is 17.4 Å². The van der Waals surface area contributed by atoms with Crippen LogP contribution in [0.2, 0.25) is 0 Å². The number of carbonyl (C=O) groups is 1. The van der Waals surface area contributed by atoms with Gasteiger partial charge in [-0.3, -0.25) is 4.79 Å². The van der Waals surface area contributed by atoms with Crippen LogP contribution in [0.1, 0.15) is 27.9 Å². The van der Waals surface area contributed by atoms with Gasteiger partial charge in [0.15, 0.2) is 0 Å². The molecule has 1 aromatic heterocycles. The molecule has 5 nitrogen and oxygen atoms in total. The number of carbonyl (C=O) groups excluding carboxylic acids is 1. The number of amides is 1. The summed E-state index contributed by atoms with van der Waals surface area (Å²) in [6.45, 7) is 4.75. The van der Waals surface area contributed by atoms with E-state index in [1.807, 2.05) is 6.07 Å². The second-order valence-corrected chi connectivity index (χ2v) is 7.67. The van der Waals surface area contributed by atoms with E-state index >= 15 is 0 Å². The van der Waals surface area contributed by atoms with E-state index in [1.165, 1.54) is 23.3 Å². The van der Waals surface area contributed by atoms with E-state index in [2.05, 4.69) is 51.7 Å². The van der Waals surface area contributed by atoms with Crippen molar-refractivity contribution in [1.82, 2.24) is 10.3 Å². The number of benzene rings is 2. The summed E-state index contributed by atoms with van der Waals surface area (Å²) < 4.78 is 13.3. The molecule has 6 heteroatoms.